The van der Waals surface area contributed by atoms with Gasteiger partial charge in [-0.25, -0.2) is 4.39 Å². The van der Waals surface area contributed by atoms with Gasteiger partial charge in [-0.1, -0.05) is 0 Å². The molecule has 104 valence electrons. The highest BCUT2D eigenvalue weighted by Crippen LogP contribution is 2.23. The van der Waals surface area contributed by atoms with Crippen molar-refractivity contribution in [2.75, 3.05) is 6.61 Å². The van der Waals surface area contributed by atoms with Crippen molar-refractivity contribution in [3.05, 3.63) is 29.6 Å². The molecule has 0 heterocycles. The van der Waals surface area contributed by atoms with E-state index >= 15 is 0 Å². The molecule has 1 aromatic rings. The lowest BCUT2D eigenvalue weighted by molar-refractivity contribution is -0.125. The quantitative estimate of drug-likeness (QED) is 0.820. The molecular formula is C14H19FN2O2. The molecule has 1 amide bonds. The zero-order chi connectivity index (χ0) is 14.0. The average molecular weight is 266 g/mol. The molecule has 0 saturated heterocycles. The van der Waals surface area contributed by atoms with E-state index in [0.717, 1.165) is 12.8 Å². The number of halogens is 1. The van der Waals surface area contributed by atoms with Gasteiger partial charge in [0.15, 0.2) is 0 Å². The first-order chi connectivity index (χ1) is 8.90. The molecule has 0 bridgehead atoms. The highest BCUT2D eigenvalue weighted by atomic mass is 19.1. The molecule has 1 aromatic carbocycles. The number of ether oxygens (including phenoxy) is 1. The van der Waals surface area contributed by atoms with Gasteiger partial charge in [-0.05, 0) is 50.5 Å². The number of rotatable bonds is 6. The van der Waals surface area contributed by atoms with E-state index < -0.39 is 11.4 Å². The first-order valence-electron chi connectivity index (χ1n) is 6.37. The van der Waals surface area contributed by atoms with Crippen LogP contribution in [0.25, 0.3) is 0 Å². The van der Waals surface area contributed by atoms with Gasteiger partial charge in [0.1, 0.15) is 23.7 Å². The van der Waals surface area contributed by atoms with Crippen LogP contribution < -0.4 is 15.8 Å². The number of primary amides is 1. The monoisotopic (exact) mass is 266 g/mol. The fraction of sp³-hybridized carbons (Fsp3) is 0.500. The van der Waals surface area contributed by atoms with Crippen molar-refractivity contribution in [1.82, 2.24) is 5.32 Å². The maximum absolute atomic E-state index is 13.1. The molecule has 5 heteroatoms. The second-order valence-electron chi connectivity index (χ2n) is 5.31. The van der Waals surface area contributed by atoms with Crippen LogP contribution in [0, 0.1) is 12.7 Å². The number of amides is 1. The summed E-state index contributed by atoms with van der Waals surface area (Å²) in [7, 11) is 0. The van der Waals surface area contributed by atoms with Crippen molar-refractivity contribution < 1.29 is 13.9 Å². The second-order valence-corrected chi connectivity index (χ2v) is 5.31. The van der Waals surface area contributed by atoms with Crippen LogP contribution in [0.1, 0.15) is 25.3 Å². The van der Waals surface area contributed by atoms with E-state index in [1.54, 1.807) is 26.0 Å². The molecule has 1 fully saturated rings. The van der Waals surface area contributed by atoms with Gasteiger partial charge in [-0.2, -0.15) is 0 Å². The number of carbonyl (C=O) groups is 1. The van der Waals surface area contributed by atoms with Gasteiger partial charge in [0, 0.05) is 6.04 Å². The predicted molar refractivity (Wildman–Crippen MR) is 70.4 cm³/mol. The van der Waals surface area contributed by atoms with E-state index in [2.05, 4.69) is 5.32 Å². The third-order valence-corrected chi connectivity index (χ3v) is 3.30. The first-order valence-corrected chi connectivity index (χ1v) is 6.37. The van der Waals surface area contributed by atoms with Gasteiger partial charge < -0.3 is 10.5 Å². The lowest BCUT2D eigenvalue weighted by Gasteiger charge is -2.27. The minimum atomic E-state index is -0.899. The van der Waals surface area contributed by atoms with Crippen molar-refractivity contribution in [3.8, 4) is 5.75 Å². The maximum atomic E-state index is 13.1. The number of carbonyl (C=O) groups excluding carboxylic acids is 1. The average Bonchev–Trinajstić information content (AvgIpc) is 3.14. The van der Waals surface area contributed by atoms with Crippen molar-refractivity contribution in [1.29, 1.82) is 0 Å². The van der Waals surface area contributed by atoms with Crippen LogP contribution >= 0.6 is 0 Å². The molecule has 2 rings (SSSR count). The largest absolute Gasteiger partial charge is 0.491 e. The van der Waals surface area contributed by atoms with Crippen molar-refractivity contribution in [3.63, 3.8) is 0 Å². The normalized spacial score (nSPS) is 17.8. The van der Waals surface area contributed by atoms with Crippen LogP contribution in [0.3, 0.4) is 0 Å². The number of benzene rings is 1. The Morgan fingerprint density at radius 3 is 2.79 bits per heavy atom. The maximum Gasteiger partial charge on any atom is 0.240 e. The molecule has 0 aliphatic heterocycles. The molecule has 4 nitrogen and oxygen atoms in total. The first kappa shape index (κ1) is 13.8. The van der Waals surface area contributed by atoms with Gasteiger partial charge in [0.2, 0.25) is 5.91 Å². The van der Waals surface area contributed by atoms with Crippen LogP contribution in [-0.2, 0) is 4.79 Å². The van der Waals surface area contributed by atoms with E-state index in [-0.39, 0.29) is 12.4 Å². The Morgan fingerprint density at radius 1 is 1.58 bits per heavy atom. The highest BCUT2D eigenvalue weighted by molar-refractivity contribution is 5.84. The van der Waals surface area contributed by atoms with Gasteiger partial charge in [-0.15, -0.1) is 0 Å². The number of aryl methyl sites for hydroxylation is 1. The van der Waals surface area contributed by atoms with E-state index in [1.807, 2.05) is 0 Å². The lowest BCUT2D eigenvalue weighted by Crippen LogP contribution is -2.57. The minimum absolute atomic E-state index is 0.129. The van der Waals surface area contributed by atoms with Crippen LogP contribution in [0.2, 0.25) is 0 Å². The molecule has 19 heavy (non-hydrogen) atoms. The smallest absolute Gasteiger partial charge is 0.240 e. The van der Waals surface area contributed by atoms with Crippen molar-refractivity contribution in [2.45, 2.75) is 38.3 Å². The summed E-state index contributed by atoms with van der Waals surface area (Å²) in [5, 5.41) is 3.19. The van der Waals surface area contributed by atoms with Gasteiger partial charge in [-0.3, -0.25) is 10.1 Å². The molecule has 1 unspecified atom stereocenters. The summed E-state index contributed by atoms with van der Waals surface area (Å²) in [5.41, 5.74) is 5.03. The second kappa shape index (κ2) is 5.17. The standard InChI is InChI=1S/C14H19FN2O2/c1-9-7-11(5-6-12(9)15)19-8-14(2,13(16)18)17-10-3-4-10/h5-7,10,17H,3-4,8H2,1-2H3,(H2,16,18). The van der Waals surface area contributed by atoms with Gasteiger partial charge >= 0.3 is 0 Å². The lowest BCUT2D eigenvalue weighted by atomic mass is 10.0. The van der Waals surface area contributed by atoms with Crippen LogP contribution in [0.15, 0.2) is 18.2 Å². The Labute approximate surface area is 112 Å². The van der Waals surface area contributed by atoms with Crippen LogP contribution in [0.5, 0.6) is 5.75 Å². The van der Waals surface area contributed by atoms with Crippen molar-refractivity contribution >= 4 is 5.91 Å². The Kier molecular flexibility index (Phi) is 3.75. The Bertz CT molecular complexity index is 488. The Balaban J connectivity index is 2.01. The SMILES string of the molecule is Cc1cc(OCC(C)(NC2CC2)C(N)=O)ccc1F. The summed E-state index contributed by atoms with van der Waals surface area (Å²) < 4.78 is 18.7. The zero-order valence-corrected chi connectivity index (χ0v) is 11.2. The molecule has 1 aliphatic carbocycles. The summed E-state index contributed by atoms with van der Waals surface area (Å²) in [6.45, 7) is 3.52. The summed E-state index contributed by atoms with van der Waals surface area (Å²) in [6, 6.07) is 4.84. The highest BCUT2D eigenvalue weighted by Gasteiger charge is 2.37. The number of hydrogen-bond acceptors (Lipinski definition) is 3. The van der Waals surface area contributed by atoms with E-state index in [9.17, 15) is 9.18 Å². The van der Waals surface area contributed by atoms with Crippen LogP contribution in [-0.4, -0.2) is 24.1 Å². The Morgan fingerprint density at radius 2 is 2.26 bits per heavy atom. The predicted octanol–water partition coefficient (Wildman–Crippen LogP) is 1.51. The molecule has 3 N–H and O–H groups in total. The zero-order valence-electron chi connectivity index (χ0n) is 11.2. The molecule has 0 radical (unpaired) electrons. The van der Waals surface area contributed by atoms with E-state index in [0.29, 0.717) is 17.4 Å². The van der Waals surface area contributed by atoms with Gasteiger partial charge in [0.25, 0.3) is 0 Å². The number of nitrogens with two attached hydrogens (primary N) is 1. The van der Waals surface area contributed by atoms with Crippen LogP contribution in [0.4, 0.5) is 4.39 Å². The van der Waals surface area contributed by atoms with E-state index in [4.69, 9.17) is 10.5 Å². The Hall–Kier alpha value is -1.62. The molecule has 1 aliphatic rings. The minimum Gasteiger partial charge on any atom is -0.491 e. The molecule has 1 atom stereocenters. The fourth-order valence-electron chi connectivity index (χ4n) is 1.80. The molecule has 1 saturated carbocycles. The van der Waals surface area contributed by atoms with E-state index in [1.165, 1.54) is 6.07 Å². The van der Waals surface area contributed by atoms with Gasteiger partial charge in [0.05, 0.1) is 0 Å². The summed E-state index contributed by atoms with van der Waals surface area (Å²) in [4.78, 5) is 11.5. The fourth-order valence-corrected chi connectivity index (χ4v) is 1.80. The summed E-state index contributed by atoms with van der Waals surface area (Å²) in [5.74, 6) is -0.191. The molecular weight excluding hydrogens is 247 g/mol. The molecule has 0 spiro atoms. The molecule has 0 aromatic heterocycles. The topological polar surface area (TPSA) is 64.3 Å². The third kappa shape index (κ3) is 3.44. The summed E-state index contributed by atoms with van der Waals surface area (Å²) >= 11 is 0. The third-order valence-electron chi connectivity index (χ3n) is 3.30. The summed E-state index contributed by atoms with van der Waals surface area (Å²) in [6.07, 6.45) is 2.11. The van der Waals surface area contributed by atoms with Crippen molar-refractivity contribution in [2.24, 2.45) is 5.73 Å². The number of hydrogen-bond donors (Lipinski definition) is 2. The number of nitrogens with one attached hydrogen (secondary N) is 1.